The molecule has 22 heavy (non-hydrogen) atoms. The molecule has 1 saturated carbocycles. The Morgan fingerprint density at radius 3 is 3.00 bits per heavy atom. The number of hydrogen-bond acceptors (Lipinski definition) is 3. The molecule has 122 valence electrons. The van der Waals surface area contributed by atoms with Crippen molar-refractivity contribution in [2.45, 2.75) is 38.6 Å². The number of furan rings is 1. The Morgan fingerprint density at radius 1 is 1.36 bits per heavy atom. The van der Waals surface area contributed by atoms with Crippen LogP contribution in [0.15, 0.2) is 27.8 Å². The van der Waals surface area contributed by atoms with Crippen LogP contribution in [0.2, 0.25) is 0 Å². The number of guanidine groups is 1. The summed E-state index contributed by atoms with van der Waals surface area (Å²) in [6.07, 6.45) is 6.72. The van der Waals surface area contributed by atoms with E-state index in [1.165, 1.54) is 32.4 Å². The molecule has 5 heteroatoms. The molecule has 1 saturated heterocycles. The fraction of sp³-hybridized carbons (Fsp3) is 0.706. The van der Waals surface area contributed by atoms with E-state index in [2.05, 4.69) is 22.5 Å². The van der Waals surface area contributed by atoms with Crippen molar-refractivity contribution in [3.63, 3.8) is 0 Å². The maximum absolute atomic E-state index is 5.35. The average molecular weight is 304 g/mol. The molecule has 2 fully saturated rings. The predicted octanol–water partition coefficient (Wildman–Crippen LogP) is 1.86. The van der Waals surface area contributed by atoms with Crippen LogP contribution in [-0.4, -0.2) is 49.6 Å². The zero-order valence-electron chi connectivity index (χ0n) is 13.6. The van der Waals surface area contributed by atoms with E-state index >= 15 is 0 Å². The van der Waals surface area contributed by atoms with E-state index in [9.17, 15) is 0 Å². The summed E-state index contributed by atoms with van der Waals surface area (Å²) in [7, 11) is 0. The molecular weight excluding hydrogens is 276 g/mol. The van der Waals surface area contributed by atoms with Gasteiger partial charge in [-0.15, -0.1) is 0 Å². The summed E-state index contributed by atoms with van der Waals surface area (Å²) in [5.41, 5.74) is 0. The second kappa shape index (κ2) is 7.68. The minimum atomic E-state index is 0.723. The standard InChI is InChI=1S/C17H28N4O/c1-2-18-17(19-9-7-16-4-3-11-22-16)20-12-14-8-10-21(13-14)15-5-6-15/h3-4,11,14-15H,2,5-10,12-13H2,1H3,(H2,18,19,20). The maximum Gasteiger partial charge on any atom is 0.191 e. The molecule has 0 aromatic carbocycles. The molecule has 0 radical (unpaired) electrons. The molecule has 0 bridgehead atoms. The quantitative estimate of drug-likeness (QED) is 0.596. The van der Waals surface area contributed by atoms with Gasteiger partial charge in [-0.1, -0.05) is 0 Å². The highest BCUT2D eigenvalue weighted by Crippen LogP contribution is 2.31. The second-order valence-corrected chi connectivity index (χ2v) is 6.36. The average Bonchev–Trinajstić information content (AvgIpc) is 3.05. The molecular formula is C17H28N4O. The van der Waals surface area contributed by atoms with Crippen molar-refractivity contribution in [2.24, 2.45) is 10.9 Å². The molecule has 1 atom stereocenters. The SMILES string of the molecule is CCNC(=NCC1CCN(C2CC2)C1)NCCc1ccco1. The largest absolute Gasteiger partial charge is 0.469 e. The topological polar surface area (TPSA) is 52.8 Å². The van der Waals surface area contributed by atoms with Gasteiger partial charge < -0.3 is 20.0 Å². The molecule has 1 aromatic heterocycles. The lowest BCUT2D eigenvalue weighted by molar-refractivity contribution is 0.315. The van der Waals surface area contributed by atoms with Crippen LogP contribution in [0.25, 0.3) is 0 Å². The van der Waals surface area contributed by atoms with Crippen LogP contribution in [0.5, 0.6) is 0 Å². The first-order valence-corrected chi connectivity index (χ1v) is 8.63. The van der Waals surface area contributed by atoms with E-state index in [1.807, 2.05) is 12.1 Å². The van der Waals surface area contributed by atoms with Gasteiger partial charge in [-0.25, -0.2) is 0 Å². The molecule has 1 aromatic rings. The molecule has 5 nitrogen and oxygen atoms in total. The van der Waals surface area contributed by atoms with Crippen molar-refractivity contribution in [3.8, 4) is 0 Å². The van der Waals surface area contributed by atoms with E-state index in [1.54, 1.807) is 6.26 Å². The van der Waals surface area contributed by atoms with Crippen molar-refractivity contribution >= 4 is 5.96 Å². The van der Waals surface area contributed by atoms with Crippen LogP contribution in [0.4, 0.5) is 0 Å². The van der Waals surface area contributed by atoms with Gasteiger partial charge in [-0.05, 0) is 50.8 Å². The van der Waals surface area contributed by atoms with E-state index in [4.69, 9.17) is 9.41 Å². The van der Waals surface area contributed by atoms with Crippen LogP contribution < -0.4 is 10.6 Å². The van der Waals surface area contributed by atoms with Gasteiger partial charge in [0.2, 0.25) is 0 Å². The third-order valence-electron chi connectivity index (χ3n) is 4.48. The Kier molecular flexibility index (Phi) is 5.38. The van der Waals surface area contributed by atoms with Crippen LogP contribution in [0.1, 0.15) is 31.9 Å². The molecule has 0 amide bonds. The summed E-state index contributed by atoms with van der Waals surface area (Å²) in [5, 5.41) is 6.72. The fourth-order valence-corrected chi connectivity index (χ4v) is 3.10. The Bertz CT molecular complexity index is 467. The van der Waals surface area contributed by atoms with E-state index < -0.39 is 0 Å². The zero-order valence-corrected chi connectivity index (χ0v) is 13.6. The van der Waals surface area contributed by atoms with Crippen LogP contribution in [0.3, 0.4) is 0 Å². The molecule has 2 N–H and O–H groups in total. The highest BCUT2D eigenvalue weighted by atomic mass is 16.3. The van der Waals surface area contributed by atoms with Gasteiger partial charge in [0.15, 0.2) is 5.96 Å². The Labute approximate surface area is 133 Å². The number of likely N-dealkylation sites (tertiary alicyclic amines) is 1. The summed E-state index contributed by atoms with van der Waals surface area (Å²) in [6.45, 7) is 7.28. The minimum absolute atomic E-state index is 0.723. The third-order valence-corrected chi connectivity index (χ3v) is 4.48. The number of nitrogens with one attached hydrogen (secondary N) is 2. The van der Waals surface area contributed by atoms with Crippen molar-refractivity contribution in [3.05, 3.63) is 24.2 Å². The molecule has 2 aliphatic rings. The summed E-state index contributed by atoms with van der Waals surface area (Å²) in [4.78, 5) is 7.42. The van der Waals surface area contributed by atoms with Gasteiger partial charge >= 0.3 is 0 Å². The summed E-state index contributed by atoms with van der Waals surface area (Å²) < 4.78 is 5.35. The van der Waals surface area contributed by atoms with Crippen molar-refractivity contribution in [1.82, 2.24) is 15.5 Å². The molecule has 3 rings (SSSR count). The lowest BCUT2D eigenvalue weighted by atomic mass is 10.1. The van der Waals surface area contributed by atoms with Gasteiger partial charge in [-0.3, -0.25) is 4.99 Å². The number of hydrogen-bond donors (Lipinski definition) is 2. The number of rotatable bonds is 7. The maximum atomic E-state index is 5.35. The first-order chi connectivity index (χ1) is 10.8. The summed E-state index contributed by atoms with van der Waals surface area (Å²) >= 11 is 0. The zero-order chi connectivity index (χ0) is 15.2. The lowest BCUT2D eigenvalue weighted by Crippen LogP contribution is -2.38. The van der Waals surface area contributed by atoms with E-state index in [0.717, 1.165) is 49.7 Å². The van der Waals surface area contributed by atoms with E-state index in [0.29, 0.717) is 0 Å². The van der Waals surface area contributed by atoms with Crippen molar-refractivity contribution in [1.29, 1.82) is 0 Å². The molecule has 1 aliphatic carbocycles. The van der Waals surface area contributed by atoms with Crippen molar-refractivity contribution in [2.75, 3.05) is 32.7 Å². The van der Waals surface area contributed by atoms with Crippen molar-refractivity contribution < 1.29 is 4.42 Å². The van der Waals surface area contributed by atoms with E-state index in [-0.39, 0.29) is 0 Å². The van der Waals surface area contributed by atoms with Gasteiger partial charge in [0, 0.05) is 38.6 Å². The minimum Gasteiger partial charge on any atom is -0.469 e. The van der Waals surface area contributed by atoms with Crippen LogP contribution in [0, 0.1) is 5.92 Å². The lowest BCUT2D eigenvalue weighted by Gasteiger charge is -2.15. The van der Waals surface area contributed by atoms with Gasteiger partial charge in [0.25, 0.3) is 0 Å². The van der Waals surface area contributed by atoms with Gasteiger partial charge in [0.05, 0.1) is 6.26 Å². The molecule has 1 aliphatic heterocycles. The van der Waals surface area contributed by atoms with Crippen LogP contribution >= 0.6 is 0 Å². The number of nitrogens with zero attached hydrogens (tertiary/aromatic N) is 2. The first kappa shape index (κ1) is 15.4. The first-order valence-electron chi connectivity index (χ1n) is 8.63. The monoisotopic (exact) mass is 304 g/mol. The second-order valence-electron chi connectivity index (χ2n) is 6.36. The normalized spacial score (nSPS) is 23.0. The fourth-order valence-electron chi connectivity index (χ4n) is 3.10. The Morgan fingerprint density at radius 2 is 2.27 bits per heavy atom. The smallest absolute Gasteiger partial charge is 0.191 e. The van der Waals surface area contributed by atoms with Gasteiger partial charge in [0.1, 0.15) is 5.76 Å². The Hall–Kier alpha value is -1.49. The Balaban J connectivity index is 1.41. The molecule has 1 unspecified atom stereocenters. The molecule has 2 heterocycles. The third kappa shape index (κ3) is 4.50. The summed E-state index contributed by atoms with van der Waals surface area (Å²) in [5.74, 6) is 2.67. The summed E-state index contributed by atoms with van der Waals surface area (Å²) in [6, 6.07) is 4.84. The highest BCUT2D eigenvalue weighted by molar-refractivity contribution is 5.79. The number of aliphatic imine (C=N–C) groups is 1. The van der Waals surface area contributed by atoms with Gasteiger partial charge in [-0.2, -0.15) is 0 Å². The van der Waals surface area contributed by atoms with Crippen LogP contribution in [-0.2, 0) is 6.42 Å². The predicted molar refractivity (Wildman–Crippen MR) is 89.1 cm³/mol. The highest BCUT2D eigenvalue weighted by Gasteiger charge is 2.34. The molecule has 0 spiro atoms.